The van der Waals surface area contributed by atoms with Crippen LogP contribution in [-0.4, -0.2) is 29.4 Å². The minimum atomic E-state index is -4.40. The third kappa shape index (κ3) is 17.6. The quantitative estimate of drug-likeness (QED) is 0.212. The Morgan fingerprint density at radius 2 is 1.08 bits per heavy atom. The fraction of sp³-hybridized carbons (Fsp3) is 1.00. The van der Waals surface area contributed by atoms with E-state index < -0.39 is 21.5 Å². The smallest absolute Gasteiger partial charge is 0.748 e. The maximum atomic E-state index is 11.3. The summed E-state index contributed by atoms with van der Waals surface area (Å²) in [6, 6.07) is 0. The van der Waals surface area contributed by atoms with Crippen LogP contribution in [0.3, 0.4) is 0 Å². The summed E-state index contributed by atoms with van der Waals surface area (Å²) in [5, 5.41) is 8.73. The molecule has 0 aliphatic carbocycles. The Bertz CT molecular complexity index is 387. The molecule has 0 aromatic heterocycles. The molecule has 0 aliphatic rings. The van der Waals surface area contributed by atoms with Gasteiger partial charge in [-0.3, -0.25) is 0 Å². The van der Waals surface area contributed by atoms with E-state index in [0.29, 0.717) is 25.7 Å². The average molecular weight is 417 g/mol. The van der Waals surface area contributed by atoms with Crippen LogP contribution in [0.1, 0.15) is 117 Å². The standard InChI is InChI=1S/C20H42O4S.K/c1-3-5-6-7-8-9-10-11-12-13-14-15-16-18-20(25(22,23)24)19(21)17-4-2;/h19-21H,3-18H2,1-2H3,(H,22,23,24);/q;+1/p-1. The van der Waals surface area contributed by atoms with Crippen LogP contribution in [0.5, 0.6) is 0 Å². The third-order valence-electron chi connectivity index (χ3n) is 4.98. The topological polar surface area (TPSA) is 77.4 Å². The number of aliphatic hydroxyl groups excluding tert-OH is 1. The molecule has 0 spiro atoms. The zero-order valence-corrected chi connectivity index (χ0v) is 21.5. The van der Waals surface area contributed by atoms with Crippen molar-refractivity contribution in [3.8, 4) is 0 Å². The van der Waals surface area contributed by atoms with Gasteiger partial charge in [0.25, 0.3) is 0 Å². The van der Waals surface area contributed by atoms with Crippen LogP contribution < -0.4 is 51.4 Å². The molecule has 0 bridgehead atoms. The molecular formula is C20H41KO4S. The van der Waals surface area contributed by atoms with Crippen LogP contribution in [0.15, 0.2) is 0 Å². The molecule has 0 aromatic carbocycles. The summed E-state index contributed by atoms with van der Waals surface area (Å²) in [7, 11) is -4.40. The molecule has 0 heterocycles. The maximum Gasteiger partial charge on any atom is 1.00 e. The number of unbranched alkanes of at least 4 members (excludes halogenated alkanes) is 12. The Morgan fingerprint density at radius 1 is 0.692 bits per heavy atom. The summed E-state index contributed by atoms with van der Waals surface area (Å²) in [5.74, 6) is 0. The summed E-state index contributed by atoms with van der Waals surface area (Å²) in [4.78, 5) is 0. The van der Waals surface area contributed by atoms with Crippen molar-refractivity contribution in [3.63, 3.8) is 0 Å². The molecule has 6 heteroatoms. The molecule has 0 amide bonds. The van der Waals surface area contributed by atoms with E-state index in [1.54, 1.807) is 0 Å². The first-order valence-corrected chi connectivity index (χ1v) is 12.0. The van der Waals surface area contributed by atoms with E-state index >= 15 is 0 Å². The second kappa shape index (κ2) is 19.8. The van der Waals surface area contributed by atoms with Gasteiger partial charge in [0.1, 0.15) is 10.1 Å². The van der Waals surface area contributed by atoms with Crippen molar-refractivity contribution >= 4 is 10.1 Å². The van der Waals surface area contributed by atoms with Crippen LogP contribution in [0.25, 0.3) is 0 Å². The first-order chi connectivity index (χ1) is 11.9. The first kappa shape index (κ1) is 29.7. The van der Waals surface area contributed by atoms with Gasteiger partial charge in [-0.15, -0.1) is 0 Å². The first-order valence-electron chi connectivity index (χ1n) is 10.6. The zero-order chi connectivity index (χ0) is 19.0. The summed E-state index contributed by atoms with van der Waals surface area (Å²) < 4.78 is 33.8. The van der Waals surface area contributed by atoms with Crippen molar-refractivity contribution in [3.05, 3.63) is 0 Å². The molecule has 2 unspecified atom stereocenters. The second-order valence-corrected chi connectivity index (χ2v) is 9.01. The summed E-state index contributed by atoms with van der Waals surface area (Å²) in [6.07, 6.45) is 16.3. The van der Waals surface area contributed by atoms with Gasteiger partial charge in [0.05, 0.1) is 11.4 Å². The predicted molar refractivity (Wildman–Crippen MR) is 105 cm³/mol. The van der Waals surface area contributed by atoms with E-state index in [1.165, 1.54) is 64.2 Å². The van der Waals surface area contributed by atoms with Gasteiger partial charge < -0.3 is 9.66 Å². The van der Waals surface area contributed by atoms with Gasteiger partial charge >= 0.3 is 51.4 Å². The van der Waals surface area contributed by atoms with Crippen molar-refractivity contribution in [2.24, 2.45) is 0 Å². The van der Waals surface area contributed by atoms with Crippen molar-refractivity contribution < 1.29 is 69.5 Å². The fourth-order valence-electron chi connectivity index (χ4n) is 3.37. The van der Waals surface area contributed by atoms with Crippen molar-refractivity contribution in [1.29, 1.82) is 0 Å². The van der Waals surface area contributed by atoms with Crippen LogP contribution in [0, 0.1) is 0 Å². The van der Waals surface area contributed by atoms with Gasteiger partial charge in [0, 0.05) is 0 Å². The van der Waals surface area contributed by atoms with Crippen LogP contribution in [0.4, 0.5) is 0 Å². The van der Waals surface area contributed by atoms with Crippen molar-refractivity contribution in [1.82, 2.24) is 0 Å². The monoisotopic (exact) mass is 416 g/mol. The Kier molecular flexibility index (Phi) is 22.6. The molecule has 0 radical (unpaired) electrons. The minimum Gasteiger partial charge on any atom is -0.748 e. The van der Waals surface area contributed by atoms with Gasteiger partial charge in [-0.05, 0) is 12.8 Å². The van der Waals surface area contributed by atoms with E-state index in [0.717, 1.165) is 12.8 Å². The Morgan fingerprint density at radius 3 is 1.42 bits per heavy atom. The molecule has 2 atom stereocenters. The van der Waals surface area contributed by atoms with E-state index in [9.17, 15) is 18.1 Å². The van der Waals surface area contributed by atoms with Crippen LogP contribution in [0.2, 0.25) is 0 Å². The van der Waals surface area contributed by atoms with E-state index in [4.69, 9.17) is 0 Å². The number of aliphatic hydroxyl groups is 1. The molecule has 152 valence electrons. The maximum absolute atomic E-state index is 11.3. The third-order valence-corrected chi connectivity index (χ3v) is 6.27. The SMILES string of the molecule is CCCCCCCCCCCCCCCC(C(O)CCC)S(=O)(=O)[O-].[K+]. The molecule has 0 aromatic rings. The van der Waals surface area contributed by atoms with E-state index in [1.807, 2.05) is 6.92 Å². The van der Waals surface area contributed by atoms with Crippen molar-refractivity contribution in [2.75, 3.05) is 0 Å². The summed E-state index contributed by atoms with van der Waals surface area (Å²) in [5.41, 5.74) is 0. The van der Waals surface area contributed by atoms with Gasteiger partial charge in [0.15, 0.2) is 0 Å². The molecule has 4 nitrogen and oxygen atoms in total. The van der Waals surface area contributed by atoms with E-state index in [-0.39, 0.29) is 51.4 Å². The number of hydrogen-bond acceptors (Lipinski definition) is 4. The molecule has 0 fully saturated rings. The Balaban J connectivity index is 0. The molecule has 1 N–H and O–H groups in total. The van der Waals surface area contributed by atoms with Crippen molar-refractivity contribution in [2.45, 2.75) is 128 Å². The fourth-order valence-corrected chi connectivity index (χ4v) is 4.35. The molecule has 0 saturated carbocycles. The predicted octanol–water partition coefficient (Wildman–Crippen LogP) is 2.55. The van der Waals surface area contributed by atoms with Gasteiger partial charge in [0.2, 0.25) is 0 Å². The zero-order valence-electron chi connectivity index (χ0n) is 17.5. The molecular weight excluding hydrogens is 375 g/mol. The Labute approximate surface area is 205 Å². The molecule has 26 heavy (non-hydrogen) atoms. The summed E-state index contributed by atoms with van der Waals surface area (Å²) >= 11 is 0. The number of hydrogen-bond donors (Lipinski definition) is 1. The van der Waals surface area contributed by atoms with Gasteiger partial charge in [-0.2, -0.15) is 0 Å². The largest absolute Gasteiger partial charge is 1.00 e. The van der Waals surface area contributed by atoms with Gasteiger partial charge in [-0.25, -0.2) is 8.42 Å². The number of rotatable bonds is 18. The molecule has 0 saturated heterocycles. The summed E-state index contributed by atoms with van der Waals surface area (Å²) in [6.45, 7) is 4.12. The molecule has 0 aliphatic heterocycles. The molecule has 0 rings (SSSR count). The van der Waals surface area contributed by atoms with Gasteiger partial charge in [-0.1, -0.05) is 104 Å². The minimum absolute atomic E-state index is 0. The second-order valence-electron chi connectivity index (χ2n) is 7.42. The average Bonchev–Trinajstić information content (AvgIpc) is 2.54. The van der Waals surface area contributed by atoms with Crippen LogP contribution in [-0.2, 0) is 10.1 Å². The normalized spacial score (nSPS) is 14.0. The van der Waals surface area contributed by atoms with E-state index in [2.05, 4.69) is 6.92 Å². The van der Waals surface area contributed by atoms with Crippen LogP contribution >= 0.6 is 0 Å². The Hall–Kier alpha value is 1.51.